The molecular weight excluding hydrogens is 408 g/mol. The van der Waals surface area contributed by atoms with Crippen LogP contribution in [0.4, 0.5) is 0 Å². The van der Waals surface area contributed by atoms with Gasteiger partial charge < -0.3 is 19.2 Å². The maximum atomic E-state index is 12.4. The van der Waals surface area contributed by atoms with Gasteiger partial charge in [-0.3, -0.25) is 4.79 Å². The molecule has 0 aliphatic heterocycles. The molecular formula is C21H22N2O6S. The first-order chi connectivity index (χ1) is 14.5. The highest BCUT2D eigenvalue weighted by molar-refractivity contribution is 7.89. The second-order valence-electron chi connectivity index (χ2n) is 6.21. The van der Waals surface area contributed by atoms with E-state index in [2.05, 4.69) is 10.0 Å². The van der Waals surface area contributed by atoms with Crippen molar-refractivity contribution in [2.24, 2.45) is 0 Å². The molecule has 2 aromatic carbocycles. The molecule has 1 aromatic heterocycles. The molecule has 0 saturated carbocycles. The lowest BCUT2D eigenvalue weighted by molar-refractivity contribution is 0.0923. The largest absolute Gasteiger partial charge is 0.497 e. The number of benzene rings is 2. The van der Waals surface area contributed by atoms with Crippen LogP contribution in [0.1, 0.15) is 16.1 Å². The molecule has 8 nitrogen and oxygen atoms in total. The van der Waals surface area contributed by atoms with E-state index in [1.807, 2.05) is 30.3 Å². The van der Waals surface area contributed by atoms with Crippen LogP contribution < -0.4 is 19.5 Å². The Morgan fingerprint density at radius 3 is 2.40 bits per heavy atom. The minimum absolute atomic E-state index is 0.0245. The third-order valence-electron chi connectivity index (χ3n) is 4.16. The minimum Gasteiger partial charge on any atom is -0.497 e. The van der Waals surface area contributed by atoms with Crippen LogP contribution in [0, 0.1) is 0 Å². The molecule has 9 heteroatoms. The molecule has 30 heavy (non-hydrogen) atoms. The molecule has 0 aliphatic rings. The maximum Gasteiger partial charge on any atom is 0.287 e. The van der Waals surface area contributed by atoms with Gasteiger partial charge in [0.05, 0.1) is 18.3 Å². The first-order valence-electron chi connectivity index (χ1n) is 9.16. The molecule has 0 saturated heterocycles. The molecule has 0 fully saturated rings. The molecule has 0 bridgehead atoms. The van der Waals surface area contributed by atoms with E-state index in [-0.39, 0.29) is 30.4 Å². The third-order valence-corrected chi connectivity index (χ3v) is 5.64. The Morgan fingerprint density at radius 2 is 1.70 bits per heavy atom. The molecule has 0 unspecified atom stereocenters. The number of amides is 1. The number of hydrogen-bond acceptors (Lipinski definition) is 6. The Morgan fingerprint density at radius 1 is 0.967 bits per heavy atom. The maximum absolute atomic E-state index is 12.4. The number of rotatable bonds is 10. The van der Waals surface area contributed by atoms with Crippen molar-refractivity contribution in [1.82, 2.24) is 10.0 Å². The molecule has 0 radical (unpaired) electrons. The van der Waals surface area contributed by atoms with E-state index >= 15 is 0 Å². The van der Waals surface area contributed by atoms with Gasteiger partial charge >= 0.3 is 0 Å². The van der Waals surface area contributed by atoms with E-state index in [9.17, 15) is 13.2 Å². The standard InChI is InChI=1S/C21H22N2O6S/c1-27-17-7-9-19(10-8-17)30(25,26)23-13-12-22-21(24)20-16(11-14-28-20)15-29-18-5-3-2-4-6-18/h2-11,14,23H,12-13,15H2,1H3,(H,22,24). The molecule has 0 spiro atoms. The normalized spacial score (nSPS) is 11.1. The van der Waals surface area contributed by atoms with Crippen LogP contribution in [0.2, 0.25) is 0 Å². The molecule has 1 amide bonds. The third kappa shape index (κ3) is 5.62. The minimum atomic E-state index is -3.68. The lowest BCUT2D eigenvalue weighted by atomic mass is 10.2. The number of furan rings is 1. The van der Waals surface area contributed by atoms with Crippen molar-refractivity contribution in [1.29, 1.82) is 0 Å². The number of methoxy groups -OCH3 is 1. The summed E-state index contributed by atoms with van der Waals surface area (Å²) in [6, 6.07) is 16.9. The van der Waals surface area contributed by atoms with Crippen LogP contribution in [-0.4, -0.2) is 34.5 Å². The number of ether oxygens (including phenoxy) is 2. The average Bonchev–Trinajstić information content (AvgIpc) is 3.25. The summed E-state index contributed by atoms with van der Waals surface area (Å²) in [6.45, 7) is 0.290. The highest BCUT2D eigenvalue weighted by Crippen LogP contribution is 2.16. The van der Waals surface area contributed by atoms with Gasteiger partial charge in [-0.05, 0) is 42.5 Å². The molecule has 3 rings (SSSR count). The summed E-state index contributed by atoms with van der Waals surface area (Å²) in [5.41, 5.74) is 0.593. The zero-order valence-corrected chi connectivity index (χ0v) is 17.1. The number of carbonyl (C=O) groups excluding carboxylic acids is 1. The second-order valence-corrected chi connectivity index (χ2v) is 7.97. The molecule has 2 N–H and O–H groups in total. The van der Waals surface area contributed by atoms with Gasteiger partial charge in [0.1, 0.15) is 18.1 Å². The van der Waals surface area contributed by atoms with E-state index < -0.39 is 15.9 Å². The van der Waals surface area contributed by atoms with Crippen molar-refractivity contribution in [3.63, 3.8) is 0 Å². The summed E-state index contributed by atoms with van der Waals surface area (Å²) in [6.07, 6.45) is 1.41. The van der Waals surface area contributed by atoms with E-state index in [4.69, 9.17) is 13.9 Å². The van der Waals surface area contributed by atoms with E-state index in [1.54, 1.807) is 18.2 Å². The summed E-state index contributed by atoms with van der Waals surface area (Å²) < 4.78 is 42.9. The van der Waals surface area contributed by atoms with Gasteiger partial charge in [-0.2, -0.15) is 0 Å². The zero-order chi connectivity index (χ0) is 21.4. The second kappa shape index (κ2) is 9.95. The Hall–Kier alpha value is -3.30. The van der Waals surface area contributed by atoms with Crippen LogP contribution in [0.15, 0.2) is 76.2 Å². The molecule has 3 aromatic rings. The average molecular weight is 430 g/mol. The highest BCUT2D eigenvalue weighted by Gasteiger charge is 2.17. The van der Waals surface area contributed by atoms with Crippen LogP contribution in [0.25, 0.3) is 0 Å². The van der Waals surface area contributed by atoms with E-state index in [0.717, 1.165) is 0 Å². The fourth-order valence-electron chi connectivity index (χ4n) is 2.61. The zero-order valence-electron chi connectivity index (χ0n) is 16.3. The van der Waals surface area contributed by atoms with Gasteiger partial charge in [0, 0.05) is 18.7 Å². The molecule has 1 heterocycles. The highest BCUT2D eigenvalue weighted by atomic mass is 32.2. The Balaban J connectivity index is 1.48. The Labute approximate surface area is 174 Å². The summed E-state index contributed by atoms with van der Waals surface area (Å²) in [5, 5.41) is 2.63. The summed E-state index contributed by atoms with van der Waals surface area (Å²) in [4.78, 5) is 12.5. The van der Waals surface area contributed by atoms with Crippen molar-refractivity contribution in [2.75, 3.05) is 20.2 Å². The Bertz CT molecular complexity index is 1060. The summed E-state index contributed by atoms with van der Waals surface area (Å²) in [5.74, 6) is 0.920. The quantitative estimate of drug-likeness (QED) is 0.479. The van der Waals surface area contributed by atoms with Crippen LogP contribution >= 0.6 is 0 Å². The van der Waals surface area contributed by atoms with Gasteiger partial charge in [-0.15, -0.1) is 0 Å². The fourth-order valence-corrected chi connectivity index (χ4v) is 3.64. The molecule has 0 atom stereocenters. The smallest absolute Gasteiger partial charge is 0.287 e. The van der Waals surface area contributed by atoms with Crippen LogP contribution in [0.3, 0.4) is 0 Å². The van der Waals surface area contributed by atoms with Gasteiger partial charge in [-0.1, -0.05) is 18.2 Å². The van der Waals surface area contributed by atoms with Crippen molar-refractivity contribution in [2.45, 2.75) is 11.5 Å². The summed E-state index contributed by atoms with van der Waals surface area (Å²) >= 11 is 0. The van der Waals surface area contributed by atoms with Crippen molar-refractivity contribution < 1.29 is 27.1 Å². The molecule has 0 aliphatic carbocycles. The lowest BCUT2D eigenvalue weighted by Crippen LogP contribution is -2.34. The van der Waals surface area contributed by atoms with Gasteiger partial charge in [0.2, 0.25) is 10.0 Å². The van der Waals surface area contributed by atoms with E-state index in [0.29, 0.717) is 17.1 Å². The predicted octanol–water partition coefficient (Wildman–Crippen LogP) is 2.58. The van der Waals surface area contributed by atoms with Crippen LogP contribution in [-0.2, 0) is 16.6 Å². The van der Waals surface area contributed by atoms with Gasteiger partial charge in [0.15, 0.2) is 5.76 Å². The lowest BCUT2D eigenvalue weighted by Gasteiger charge is -2.09. The van der Waals surface area contributed by atoms with Gasteiger partial charge in [-0.25, -0.2) is 13.1 Å². The van der Waals surface area contributed by atoms with Gasteiger partial charge in [0.25, 0.3) is 5.91 Å². The predicted molar refractivity (Wildman–Crippen MR) is 110 cm³/mol. The fraction of sp³-hybridized carbons (Fsp3) is 0.190. The van der Waals surface area contributed by atoms with Crippen LogP contribution in [0.5, 0.6) is 11.5 Å². The topological polar surface area (TPSA) is 107 Å². The first-order valence-corrected chi connectivity index (χ1v) is 10.6. The number of carbonyl (C=O) groups is 1. The van der Waals surface area contributed by atoms with Crippen molar-refractivity contribution in [3.05, 3.63) is 78.3 Å². The van der Waals surface area contributed by atoms with E-state index in [1.165, 1.54) is 25.5 Å². The van der Waals surface area contributed by atoms with Crippen molar-refractivity contribution >= 4 is 15.9 Å². The monoisotopic (exact) mass is 430 g/mol. The Kier molecular flexibility index (Phi) is 7.10. The number of nitrogens with one attached hydrogen (secondary N) is 2. The first kappa shape index (κ1) is 21.4. The number of hydrogen-bond donors (Lipinski definition) is 2. The number of sulfonamides is 1. The molecule has 158 valence electrons. The SMILES string of the molecule is COc1ccc(S(=O)(=O)NCCNC(=O)c2occc2COc2ccccc2)cc1. The number of para-hydroxylation sites is 1. The summed E-state index contributed by atoms with van der Waals surface area (Å²) in [7, 11) is -2.18. The van der Waals surface area contributed by atoms with Crippen molar-refractivity contribution in [3.8, 4) is 11.5 Å².